The van der Waals surface area contributed by atoms with Gasteiger partial charge >= 0.3 is 0 Å². The largest absolute Gasteiger partial charge is 0.405 e. The molecule has 0 radical (unpaired) electrons. The van der Waals surface area contributed by atoms with Gasteiger partial charge in [-0.25, -0.2) is 0 Å². The summed E-state index contributed by atoms with van der Waals surface area (Å²) < 4.78 is 0. The van der Waals surface area contributed by atoms with Crippen molar-refractivity contribution in [2.75, 3.05) is 0 Å². The van der Waals surface area contributed by atoms with E-state index in [9.17, 15) is 0 Å². The smallest absolute Gasteiger partial charge is 0.0500 e. The lowest BCUT2D eigenvalue weighted by molar-refractivity contribution is 0.556. The molecule has 0 saturated carbocycles. The monoisotopic (exact) mass is 182 g/mol. The highest BCUT2D eigenvalue weighted by atomic mass is 14.8. The molecule has 0 aliphatic carbocycles. The molecule has 0 fully saturated rings. The highest BCUT2D eigenvalue weighted by molar-refractivity contribution is 5.95. The maximum absolute atomic E-state index is 5.28. The first-order valence-corrected chi connectivity index (χ1v) is 5.31. The first kappa shape index (κ1) is 12.2. The predicted molar refractivity (Wildman–Crippen MR) is 60.0 cm³/mol. The number of hydrogen-bond acceptors (Lipinski definition) is 2. The molecule has 0 saturated heterocycles. The Labute approximate surface area is 81.9 Å². The Hall–Kier alpha value is -0.790. The predicted octanol–water partition coefficient (Wildman–Crippen LogP) is 2.89. The van der Waals surface area contributed by atoms with Crippen LogP contribution in [-0.2, 0) is 0 Å². The zero-order valence-corrected chi connectivity index (χ0v) is 9.09. The standard InChI is InChI=1S/C9H16N2.C2H6/c1-2-8-4-3-5-9(11-8)6-7-10;1-2/h6-8H,2-5,10H2,1H3;1-2H3/b7-6-;. The Morgan fingerprint density at radius 2 is 2.23 bits per heavy atom. The normalized spacial score (nSPS) is 22.1. The summed E-state index contributed by atoms with van der Waals surface area (Å²) in [5.41, 5.74) is 6.46. The summed E-state index contributed by atoms with van der Waals surface area (Å²) in [7, 11) is 0. The van der Waals surface area contributed by atoms with Gasteiger partial charge in [0.25, 0.3) is 0 Å². The first-order chi connectivity index (χ1) is 6.36. The zero-order chi connectivity index (χ0) is 10.1. The van der Waals surface area contributed by atoms with Crippen LogP contribution in [-0.4, -0.2) is 11.8 Å². The lowest BCUT2D eigenvalue weighted by Crippen LogP contribution is -2.13. The molecule has 1 aliphatic heterocycles. The summed E-state index contributed by atoms with van der Waals surface area (Å²) in [6.07, 6.45) is 8.27. The van der Waals surface area contributed by atoms with Crippen molar-refractivity contribution in [3.8, 4) is 0 Å². The summed E-state index contributed by atoms with van der Waals surface area (Å²) >= 11 is 0. The molecule has 2 nitrogen and oxygen atoms in total. The van der Waals surface area contributed by atoms with Crippen molar-refractivity contribution in [2.24, 2.45) is 10.7 Å². The number of aliphatic imine (C=N–C) groups is 1. The maximum Gasteiger partial charge on any atom is 0.0500 e. The van der Waals surface area contributed by atoms with Crippen LogP contribution in [0.1, 0.15) is 46.5 Å². The highest BCUT2D eigenvalue weighted by Gasteiger charge is 2.10. The van der Waals surface area contributed by atoms with E-state index in [2.05, 4.69) is 11.9 Å². The van der Waals surface area contributed by atoms with Crippen molar-refractivity contribution in [3.05, 3.63) is 12.3 Å². The fraction of sp³-hybridized carbons (Fsp3) is 0.727. The lowest BCUT2D eigenvalue weighted by atomic mass is 10.0. The minimum absolute atomic E-state index is 0.551. The van der Waals surface area contributed by atoms with Crippen LogP contribution in [0.2, 0.25) is 0 Å². The summed E-state index contributed by atoms with van der Waals surface area (Å²) in [5.74, 6) is 0. The lowest BCUT2D eigenvalue weighted by Gasteiger charge is -2.16. The van der Waals surface area contributed by atoms with Crippen molar-refractivity contribution in [3.63, 3.8) is 0 Å². The van der Waals surface area contributed by atoms with Crippen molar-refractivity contribution in [1.29, 1.82) is 0 Å². The molecule has 0 aromatic heterocycles. The van der Waals surface area contributed by atoms with E-state index in [0.29, 0.717) is 6.04 Å². The fourth-order valence-electron chi connectivity index (χ4n) is 1.42. The van der Waals surface area contributed by atoms with Crippen molar-refractivity contribution >= 4 is 5.71 Å². The quantitative estimate of drug-likeness (QED) is 0.700. The van der Waals surface area contributed by atoms with E-state index in [1.54, 1.807) is 6.20 Å². The van der Waals surface area contributed by atoms with E-state index in [-0.39, 0.29) is 0 Å². The van der Waals surface area contributed by atoms with Gasteiger partial charge in [-0.2, -0.15) is 0 Å². The van der Waals surface area contributed by atoms with Crippen LogP contribution in [0.5, 0.6) is 0 Å². The molecule has 13 heavy (non-hydrogen) atoms. The van der Waals surface area contributed by atoms with Gasteiger partial charge in [0.05, 0.1) is 0 Å². The minimum Gasteiger partial charge on any atom is -0.405 e. The number of allylic oxidation sites excluding steroid dienone is 1. The fourth-order valence-corrected chi connectivity index (χ4v) is 1.42. The van der Waals surface area contributed by atoms with E-state index in [1.165, 1.54) is 18.6 Å². The molecule has 1 rings (SSSR count). The second-order valence-corrected chi connectivity index (χ2v) is 2.93. The summed E-state index contributed by atoms with van der Waals surface area (Å²) in [6, 6.07) is 0.551. The van der Waals surface area contributed by atoms with Gasteiger partial charge in [-0.05, 0) is 38.0 Å². The molecule has 0 amide bonds. The van der Waals surface area contributed by atoms with Gasteiger partial charge in [0.2, 0.25) is 0 Å². The first-order valence-electron chi connectivity index (χ1n) is 5.31. The molecule has 0 spiro atoms. The Kier molecular flexibility index (Phi) is 7.36. The molecule has 0 bridgehead atoms. The molecule has 2 N–H and O–H groups in total. The van der Waals surface area contributed by atoms with Gasteiger partial charge < -0.3 is 5.73 Å². The molecule has 1 unspecified atom stereocenters. The van der Waals surface area contributed by atoms with Crippen LogP contribution in [0.4, 0.5) is 0 Å². The second-order valence-electron chi connectivity index (χ2n) is 2.93. The van der Waals surface area contributed by atoms with E-state index in [4.69, 9.17) is 5.73 Å². The third kappa shape index (κ3) is 4.71. The van der Waals surface area contributed by atoms with Crippen LogP contribution >= 0.6 is 0 Å². The number of nitrogens with two attached hydrogens (primary N) is 1. The Morgan fingerprint density at radius 3 is 2.77 bits per heavy atom. The van der Waals surface area contributed by atoms with Gasteiger partial charge in [-0.1, -0.05) is 20.8 Å². The van der Waals surface area contributed by atoms with Crippen molar-refractivity contribution in [1.82, 2.24) is 0 Å². The van der Waals surface area contributed by atoms with Crippen LogP contribution in [0.25, 0.3) is 0 Å². The third-order valence-corrected chi connectivity index (χ3v) is 2.08. The summed E-state index contributed by atoms with van der Waals surface area (Å²) in [6.45, 7) is 6.18. The van der Waals surface area contributed by atoms with Crippen LogP contribution < -0.4 is 5.73 Å². The van der Waals surface area contributed by atoms with Gasteiger partial charge in [0.15, 0.2) is 0 Å². The van der Waals surface area contributed by atoms with Crippen LogP contribution in [0, 0.1) is 0 Å². The molecular formula is C11H22N2. The zero-order valence-electron chi connectivity index (χ0n) is 9.09. The van der Waals surface area contributed by atoms with Crippen LogP contribution in [0.3, 0.4) is 0 Å². The minimum atomic E-state index is 0.551. The number of hydrogen-bond donors (Lipinski definition) is 1. The molecule has 1 atom stereocenters. The number of rotatable bonds is 2. The molecular weight excluding hydrogens is 160 g/mol. The van der Waals surface area contributed by atoms with Gasteiger partial charge in [0.1, 0.15) is 0 Å². The van der Waals surface area contributed by atoms with Crippen molar-refractivity contribution in [2.45, 2.75) is 52.5 Å². The van der Waals surface area contributed by atoms with Gasteiger partial charge in [-0.3, -0.25) is 4.99 Å². The molecule has 0 aromatic rings. The van der Waals surface area contributed by atoms with Crippen molar-refractivity contribution < 1.29 is 0 Å². The van der Waals surface area contributed by atoms with Crippen LogP contribution in [0.15, 0.2) is 17.3 Å². The summed E-state index contributed by atoms with van der Waals surface area (Å²) in [4.78, 5) is 4.54. The third-order valence-electron chi connectivity index (χ3n) is 2.08. The van der Waals surface area contributed by atoms with E-state index >= 15 is 0 Å². The van der Waals surface area contributed by atoms with E-state index in [1.807, 2.05) is 19.9 Å². The SMILES string of the molecule is CC.CCC1CCCC(/C=C\N)=N1. The molecule has 2 heteroatoms. The van der Waals surface area contributed by atoms with E-state index < -0.39 is 0 Å². The van der Waals surface area contributed by atoms with E-state index in [0.717, 1.165) is 12.8 Å². The Morgan fingerprint density at radius 1 is 1.54 bits per heavy atom. The topological polar surface area (TPSA) is 38.4 Å². The average molecular weight is 182 g/mol. The molecule has 1 heterocycles. The van der Waals surface area contributed by atoms with Gasteiger partial charge in [0, 0.05) is 11.8 Å². The Bertz CT molecular complexity index is 171. The molecule has 1 aliphatic rings. The number of nitrogens with zero attached hydrogens (tertiary/aromatic N) is 1. The Balaban J connectivity index is 0.000000671. The molecule has 76 valence electrons. The van der Waals surface area contributed by atoms with Gasteiger partial charge in [-0.15, -0.1) is 0 Å². The summed E-state index contributed by atoms with van der Waals surface area (Å²) in [5, 5.41) is 0. The highest BCUT2D eigenvalue weighted by Crippen LogP contribution is 2.16. The maximum atomic E-state index is 5.28. The average Bonchev–Trinajstić information content (AvgIpc) is 2.22. The molecule has 0 aromatic carbocycles. The second kappa shape index (κ2) is 7.84.